The fourth-order valence-corrected chi connectivity index (χ4v) is 1.31. The molecule has 1 amide bonds. The molecule has 4 N–H and O–H groups in total. The molecule has 6 nitrogen and oxygen atoms in total. The molecule has 17 heavy (non-hydrogen) atoms. The highest BCUT2D eigenvalue weighted by Gasteiger charge is 2.22. The Morgan fingerprint density at radius 2 is 2.00 bits per heavy atom. The molecule has 0 rings (SSSR count). The highest BCUT2D eigenvalue weighted by Crippen LogP contribution is 2.06. The van der Waals surface area contributed by atoms with Crippen LogP contribution < -0.4 is 11.1 Å². The number of nitrogens with one attached hydrogen (secondary N) is 1. The number of amides is 1. The van der Waals surface area contributed by atoms with Crippen molar-refractivity contribution in [3.05, 3.63) is 0 Å². The quantitative estimate of drug-likeness (QED) is 0.558. The van der Waals surface area contributed by atoms with Gasteiger partial charge < -0.3 is 20.9 Å². The largest absolute Gasteiger partial charge is 0.481 e. The average Bonchev–Trinajstić information content (AvgIpc) is 2.23. The van der Waals surface area contributed by atoms with Crippen LogP contribution in [0.2, 0.25) is 0 Å². The van der Waals surface area contributed by atoms with Crippen molar-refractivity contribution in [3.63, 3.8) is 0 Å². The van der Waals surface area contributed by atoms with Crippen molar-refractivity contribution in [3.8, 4) is 0 Å². The van der Waals surface area contributed by atoms with Crippen molar-refractivity contribution < 1.29 is 19.4 Å². The Kier molecular flexibility index (Phi) is 7.49. The summed E-state index contributed by atoms with van der Waals surface area (Å²) in [6, 6.07) is -1.06. The molecule has 2 atom stereocenters. The Morgan fingerprint density at radius 1 is 1.41 bits per heavy atom. The molecule has 0 heterocycles. The fourth-order valence-electron chi connectivity index (χ4n) is 1.31. The third-order valence-corrected chi connectivity index (χ3v) is 2.50. The summed E-state index contributed by atoms with van der Waals surface area (Å²) in [6.45, 7) is 4.11. The molecule has 0 bridgehead atoms. The lowest BCUT2D eigenvalue weighted by Gasteiger charge is -2.22. The third kappa shape index (κ3) is 6.91. The van der Waals surface area contributed by atoms with Crippen LogP contribution in [0.1, 0.15) is 26.7 Å². The zero-order valence-corrected chi connectivity index (χ0v) is 10.6. The molecule has 0 saturated heterocycles. The molecule has 0 spiro atoms. The summed E-state index contributed by atoms with van der Waals surface area (Å²) >= 11 is 0. The van der Waals surface area contributed by atoms with Gasteiger partial charge in [-0.3, -0.25) is 9.59 Å². The van der Waals surface area contributed by atoms with E-state index in [-0.39, 0.29) is 18.2 Å². The van der Waals surface area contributed by atoms with E-state index in [0.717, 1.165) is 0 Å². The van der Waals surface area contributed by atoms with E-state index in [2.05, 4.69) is 5.32 Å². The van der Waals surface area contributed by atoms with Crippen LogP contribution in [0, 0.1) is 5.92 Å². The number of hydrogen-bond acceptors (Lipinski definition) is 4. The molecular weight excluding hydrogens is 224 g/mol. The Morgan fingerprint density at radius 3 is 2.41 bits per heavy atom. The first-order valence-corrected chi connectivity index (χ1v) is 5.65. The second kappa shape index (κ2) is 8.03. The van der Waals surface area contributed by atoms with Crippen LogP contribution in [0.4, 0.5) is 0 Å². The fraction of sp³-hybridized carbons (Fsp3) is 0.818. The van der Waals surface area contributed by atoms with Crippen LogP contribution in [0.3, 0.4) is 0 Å². The average molecular weight is 246 g/mol. The first kappa shape index (κ1) is 15.9. The van der Waals surface area contributed by atoms with Crippen LogP contribution in [0.15, 0.2) is 0 Å². The number of hydrogen-bond donors (Lipinski definition) is 3. The van der Waals surface area contributed by atoms with E-state index in [1.807, 2.05) is 13.8 Å². The Balaban J connectivity index is 4.24. The highest BCUT2D eigenvalue weighted by atomic mass is 16.5. The van der Waals surface area contributed by atoms with Gasteiger partial charge in [0.1, 0.15) is 0 Å². The van der Waals surface area contributed by atoms with E-state index in [9.17, 15) is 9.59 Å². The van der Waals surface area contributed by atoms with Gasteiger partial charge in [-0.25, -0.2) is 0 Å². The minimum Gasteiger partial charge on any atom is -0.481 e. The van der Waals surface area contributed by atoms with Gasteiger partial charge in [-0.15, -0.1) is 0 Å². The van der Waals surface area contributed by atoms with Gasteiger partial charge in [0, 0.05) is 19.8 Å². The van der Waals surface area contributed by atoms with Crippen LogP contribution in [0.5, 0.6) is 0 Å². The summed E-state index contributed by atoms with van der Waals surface area (Å²) in [6.07, 6.45) is 0.320. The number of carboxylic acids is 1. The molecule has 2 unspecified atom stereocenters. The summed E-state index contributed by atoms with van der Waals surface area (Å²) in [5, 5.41) is 11.4. The number of carbonyl (C=O) groups excluding carboxylic acids is 1. The predicted molar refractivity (Wildman–Crippen MR) is 63.5 cm³/mol. The maximum atomic E-state index is 11.7. The molecule has 0 radical (unpaired) electrons. The lowest BCUT2D eigenvalue weighted by molar-refractivity contribution is -0.138. The second-order valence-corrected chi connectivity index (χ2v) is 4.34. The van der Waals surface area contributed by atoms with Crippen molar-refractivity contribution >= 4 is 11.9 Å². The first-order valence-electron chi connectivity index (χ1n) is 5.65. The van der Waals surface area contributed by atoms with Crippen LogP contribution >= 0.6 is 0 Å². The van der Waals surface area contributed by atoms with E-state index in [4.69, 9.17) is 15.6 Å². The number of carbonyl (C=O) groups is 2. The molecule has 0 aromatic carbocycles. The van der Waals surface area contributed by atoms with Crippen molar-refractivity contribution in [2.75, 3.05) is 13.7 Å². The van der Waals surface area contributed by atoms with E-state index in [1.54, 1.807) is 0 Å². The topological polar surface area (TPSA) is 102 Å². The Hall–Kier alpha value is -1.14. The molecule has 0 aromatic rings. The van der Waals surface area contributed by atoms with Gasteiger partial charge in [0.25, 0.3) is 0 Å². The summed E-state index contributed by atoms with van der Waals surface area (Å²) < 4.78 is 4.83. The summed E-state index contributed by atoms with van der Waals surface area (Å²) in [5.74, 6) is -1.22. The summed E-state index contributed by atoms with van der Waals surface area (Å²) in [5.41, 5.74) is 5.64. The van der Waals surface area contributed by atoms with Gasteiger partial charge in [0.15, 0.2) is 0 Å². The van der Waals surface area contributed by atoms with Gasteiger partial charge in [0.05, 0.1) is 12.5 Å². The van der Waals surface area contributed by atoms with Crippen LogP contribution in [-0.2, 0) is 14.3 Å². The molecule has 0 fully saturated rings. The van der Waals surface area contributed by atoms with Gasteiger partial charge in [-0.05, 0) is 12.3 Å². The van der Waals surface area contributed by atoms with Crippen molar-refractivity contribution in [2.24, 2.45) is 11.7 Å². The highest BCUT2D eigenvalue weighted by molar-refractivity contribution is 5.82. The van der Waals surface area contributed by atoms with E-state index in [0.29, 0.717) is 13.0 Å². The van der Waals surface area contributed by atoms with Gasteiger partial charge in [0.2, 0.25) is 5.91 Å². The predicted octanol–water partition coefficient (Wildman–Crippen LogP) is -0.0343. The Labute approximate surface area is 102 Å². The molecule has 0 aliphatic rings. The first-order chi connectivity index (χ1) is 7.88. The standard InChI is InChI=1S/C11H22N2O4/c1-7(2)9(6-10(14)15)13-11(16)8(12)4-5-17-3/h7-9H,4-6,12H2,1-3H3,(H,13,16)(H,14,15). The summed E-state index contributed by atoms with van der Waals surface area (Å²) in [4.78, 5) is 22.3. The Bertz CT molecular complexity index is 256. The number of aliphatic carboxylic acids is 1. The maximum Gasteiger partial charge on any atom is 0.305 e. The van der Waals surface area contributed by atoms with Gasteiger partial charge in [-0.2, -0.15) is 0 Å². The third-order valence-electron chi connectivity index (χ3n) is 2.50. The lowest BCUT2D eigenvalue weighted by Crippen LogP contribution is -2.48. The maximum absolute atomic E-state index is 11.7. The SMILES string of the molecule is COCCC(N)C(=O)NC(CC(=O)O)C(C)C. The molecule has 0 aliphatic carbocycles. The van der Waals surface area contributed by atoms with Crippen LogP contribution in [0.25, 0.3) is 0 Å². The van der Waals surface area contributed by atoms with Crippen molar-refractivity contribution in [1.29, 1.82) is 0 Å². The number of methoxy groups -OCH3 is 1. The minimum absolute atomic E-state index is 0.0460. The van der Waals surface area contributed by atoms with E-state index >= 15 is 0 Å². The minimum atomic E-state index is -0.936. The normalized spacial score (nSPS) is 14.4. The van der Waals surface area contributed by atoms with Crippen molar-refractivity contribution in [1.82, 2.24) is 5.32 Å². The smallest absolute Gasteiger partial charge is 0.305 e. The molecule has 100 valence electrons. The van der Waals surface area contributed by atoms with Gasteiger partial charge >= 0.3 is 5.97 Å². The molecule has 0 aromatic heterocycles. The van der Waals surface area contributed by atoms with E-state index < -0.39 is 18.1 Å². The lowest BCUT2D eigenvalue weighted by atomic mass is 10.0. The molecule has 0 aliphatic heterocycles. The van der Waals surface area contributed by atoms with Crippen LogP contribution in [-0.4, -0.2) is 42.8 Å². The number of rotatable bonds is 8. The zero-order chi connectivity index (χ0) is 13.4. The number of carboxylic acid groups (broad SMARTS) is 1. The van der Waals surface area contributed by atoms with Gasteiger partial charge in [-0.1, -0.05) is 13.8 Å². The number of nitrogens with two attached hydrogens (primary N) is 1. The number of ether oxygens (including phenoxy) is 1. The van der Waals surface area contributed by atoms with Crippen molar-refractivity contribution in [2.45, 2.75) is 38.8 Å². The van der Waals surface area contributed by atoms with E-state index in [1.165, 1.54) is 7.11 Å². The zero-order valence-electron chi connectivity index (χ0n) is 10.6. The molecule has 0 saturated carbocycles. The molecule has 6 heteroatoms. The molecular formula is C11H22N2O4. The monoisotopic (exact) mass is 246 g/mol. The second-order valence-electron chi connectivity index (χ2n) is 4.34. The summed E-state index contributed by atoms with van der Waals surface area (Å²) in [7, 11) is 1.53.